The molecule has 1 saturated heterocycles. The zero-order chi connectivity index (χ0) is 15.7. The highest BCUT2D eigenvalue weighted by atomic mass is 32.2. The van der Waals surface area contributed by atoms with Crippen LogP contribution in [0.2, 0.25) is 0 Å². The molecule has 0 saturated carbocycles. The van der Waals surface area contributed by atoms with E-state index >= 15 is 0 Å². The fraction of sp³-hybridized carbons (Fsp3) is 0.533. The molecule has 1 amide bonds. The molecule has 7 heteroatoms. The first-order chi connectivity index (χ1) is 10.5. The van der Waals surface area contributed by atoms with Crippen molar-refractivity contribution in [3.8, 4) is 0 Å². The molecule has 1 fully saturated rings. The van der Waals surface area contributed by atoms with E-state index in [9.17, 15) is 13.2 Å². The molecule has 3 rings (SSSR count). The molecule has 0 aromatic heterocycles. The zero-order valence-electron chi connectivity index (χ0n) is 12.7. The lowest BCUT2D eigenvalue weighted by Crippen LogP contribution is -2.34. The number of rotatable bonds is 2. The number of hydrogen-bond acceptors (Lipinski definition) is 4. The van der Waals surface area contributed by atoms with Gasteiger partial charge in [-0.25, -0.2) is 8.42 Å². The molecular weight excluding hydrogens is 302 g/mol. The van der Waals surface area contributed by atoms with Crippen molar-refractivity contribution < 1.29 is 13.2 Å². The molecule has 0 radical (unpaired) electrons. The molecule has 2 aliphatic heterocycles. The monoisotopic (exact) mass is 323 g/mol. The smallest absolute Gasteiger partial charge is 0.253 e. The predicted molar refractivity (Wildman–Crippen MR) is 85.7 cm³/mol. The van der Waals surface area contributed by atoms with E-state index < -0.39 is 10.0 Å². The Balaban J connectivity index is 1.84. The molecule has 2 heterocycles. The van der Waals surface area contributed by atoms with E-state index in [4.69, 9.17) is 0 Å². The summed E-state index contributed by atoms with van der Waals surface area (Å²) in [6, 6.07) is 5.34. The number of nitrogens with zero attached hydrogens (tertiary/aromatic N) is 2. The van der Waals surface area contributed by atoms with Gasteiger partial charge in [0.05, 0.1) is 11.9 Å². The van der Waals surface area contributed by atoms with E-state index in [-0.39, 0.29) is 5.91 Å². The number of benzene rings is 1. The Labute approximate surface area is 131 Å². The minimum atomic E-state index is -3.24. The fourth-order valence-electron chi connectivity index (χ4n) is 3.08. The van der Waals surface area contributed by atoms with Gasteiger partial charge in [-0.05, 0) is 43.1 Å². The highest BCUT2D eigenvalue weighted by molar-refractivity contribution is 7.92. The minimum Gasteiger partial charge on any atom is -0.337 e. The molecule has 0 unspecified atom stereocenters. The van der Waals surface area contributed by atoms with E-state index in [0.29, 0.717) is 30.8 Å². The van der Waals surface area contributed by atoms with Crippen LogP contribution in [0, 0.1) is 0 Å². The number of hydrogen-bond donors (Lipinski definition) is 1. The molecule has 0 bridgehead atoms. The molecule has 120 valence electrons. The fourth-order valence-corrected chi connectivity index (χ4v) is 4.04. The van der Waals surface area contributed by atoms with Crippen LogP contribution in [-0.2, 0) is 16.4 Å². The second kappa shape index (κ2) is 5.89. The van der Waals surface area contributed by atoms with Crippen LogP contribution in [0.1, 0.15) is 22.3 Å². The lowest BCUT2D eigenvalue weighted by molar-refractivity contribution is 0.0766. The van der Waals surface area contributed by atoms with Crippen molar-refractivity contribution in [2.45, 2.75) is 12.8 Å². The summed E-state index contributed by atoms with van der Waals surface area (Å²) in [5, 5.41) is 3.28. The molecule has 1 aromatic carbocycles. The Morgan fingerprint density at radius 1 is 1.18 bits per heavy atom. The molecule has 1 N–H and O–H groups in total. The van der Waals surface area contributed by atoms with E-state index in [1.54, 1.807) is 12.1 Å². The Bertz CT molecular complexity index is 679. The predicted octanol–water partition coefficient (Wildman–Crippen LogP) is 0.444. The Morgan fingerprint density at radius 2 is 2.00 bits per heavy atom. The van der Waals surface area contributed by atoms with E-state index in [2.05, 4.69) is 5.32 Å². The molecule has 0 aliphatic carbocycles. The topological polar surface area (TPSA) is 69.7 Å². The molecular formula is C15H21N3O3S. The van der Waals surface area contributed by atoms with E-state index in [1.165, 1.54) is 10.6 Å². The van der Waals surface area contributed by atoms with Crippen molar-refractivity contribution in [2.24, 2.45) is 0 Å². The molecule has 1 aromatic rings. The number of anilines is 1. The van der Waals surface area contributed by atoms with Gasteiger partial charge in [0.2, 0.25) is 10.0 Å². The highest BCUT2D eigenvalue weighted by Crippen LogP contribution is 2.31. The minimum absolute atomic E-state index is 0.0318. The molecule has 0 spiro atoms. The van der Waals surface area contributed by atoms with Gasteiger partial charge in [0.25, 0.3) is 5.91 Å². The number of sulfonamides is 1. The van der Waals surface area contributed by atoms with Gasteiger partial charge in [0, 0.05) is 31.7 Å². The second-order valence-electron chi connectivity index (χ2n) is 5.82. The second-order valence-corrected chi connectivity index (χ2v) is 7.73. The van der Waals surface area contributed by atoms with Crippen LogP contribution in [0.25, 0.3) is 0 Å². The maximum absolute atomic E-state index is 12.6. The van der Waals surface area contributed by atoms with Crippen LogP contribution in [0.3, 0.4) is 0 Å². The summed E-state index contributed by atoms with van der Waals surface area (Å²) in [5.74, 6) is 0.0318. The number of nitrogens with one attached hydrogen (secondary N) is 1. The summed E-state index contributed by atoms with van der Waals surface area (Å²) in [6.07, 6.45) is 2.83. The van der Waals surface area contributed by atoms with Gasteiger partial charge in [0.15, 0.2) is 0 Å². The highest BCUT2D eigenvalue weighted by Gasteiger charge is 2.27. The standard InChI is InChI=1S/C15H21N3O3S/c1-22(20,21)18-9-5-12-11-13(3-4-14(12)18)15(19)17-8-2-6-16-7-10-17/h3-4,11,16H,2,5-10H2,1H3. The summed E-state index contributed by atoms with van der Waals surface area (Å²) in [6.45, 7) is 3.69. The average molecular weight is 323 g/mol. The maximum Gasteiger partial charge on any atom is 0.253 e. The van der Waals surface area contributed by atoms with Crippen LogP contribution in [0.5, 0.6) is 0 Å². The van der Waals surface area contributed by atoms with Crippen LogP contribution < -0.4 is 9.62 Å². The van der Waals surface area contributed by atoms with Gasteiger partial charge in [-0.1, -0.05) is 0 Å². The quantitative estimate of drug-likeness (QED) is 0.858. The van der Waals surface area contributed by atoms with Gasteiger partial charge < -0.3 is 10.2 Å². The summed E-state index contributed by atoms with van der Waals surface area (Å²) in [5.41, 5.74) is 2.29. The number of carbonyl (C=O) groups excluding carboxylic acids is 1. The third-order valence-corrected chi connectivity index (χ3v) is 5.39. The van der Waals surface area contributed by atoms with Crippen molar-refractivity contribution in [1.82, 2.24) is 10.2 Å². The van der Waals surface area contributed by atoms with Gasteiger partial charge in [-0.2, -0.15) is 0 Å². The largest absolute Gasteiger partial charge is 0.337 e. The number of carbonyl (C=O) groups is 1. The zero-order valence-corrected chi connectivity index (χ0v) is 13.5. The van der Waals surface area contributed by atoms with Gasteiger partial charge in [-0.3, -0.25) is 9.10 Å². The Kier molecular flexibility index (Phi) is 4.10. The maximum atomic E-state index is 12.6. The third kappa shape index (κ3) is 2.96. The Morgan fingerprint density at radius 3 is 2.77 bits per heavy atom. The first-order valence-electron chi connectivity index (χ1n) is 7.57. The lowest BCUT2D eigenvalue weighted by atomic mass is 10.1. The van der Waals surface area contributed by atoms with Gasteiger partial charge in [-0.15, -0.1) is 0 Å². The van der Waals surface area contributed by atoms with E-state index in [1.807, 2.05) is 11.0 Å². The van der Waals surface area contributed by atoms with Crippen molar-refractivity contribution in [1.29, 1.82) is 0 Å². The molecule has 0 atom stereocenters. The van der Waals surface area contributed by atoms with E-state index in [0.717, 1.165) is 31.6 Å². The van der Waals surface area contributed by atoms with Gasteiger partial charge >= 0.3 is 0 Å². The van der Waals surface area contributed by atoms with Crippen LogP contribution >= 0.6 is 0 Å². The first kappa shape index (κ1) is 15.3. The summed E-state index contributed by atoms with van der Waals surface area (Å²) >= 11 is 0. The van der Waals surface area contributed by atoms with Crippen LogP contribution in [-0.4, -0.2) is 58.2 Å². The molecule has 2 aliphatic rings. The average Bonchev–Trinajstić information content (AvgIpc) is 2.72. The number of fused-ring (bicyclic) bond motifs is 1. The normalized spacial score (nSPS) is 19.0. The molecule has 6 nitrogen and oxygen atoms in total. The number of amides is 1. The van der Waals surface area contributed by atoms with Crippen molar-refractivity contribution in [2.75, 3.05) is 43.3 Å². The summed E-state index contributed by atoms with van der Waals surface area (Å²) in [7, 11) is -3.24. The SMILES string of the molecule is CS(=O)(=O)N1CCc2cc(C(=O)N3CCCNCC3)ccc21. The summed E-state index contributed by atoms with van der Waals surface area (Å²) < 4.78 is 24.9. The molecule has 22 heavy (non-hydrogen) atoms. The van der Waals surface area contributed by atoms with Crippen molar-refractivity contribution >= 4 is 21.6 Å². The van der Waals surface area contributed by atoms with Crippen molar-refractivity contribution in [3.63, 3.8) is 0 Å². The summed E-state index contributed by atoms with van der Waals surface area (Å²) in [4.78, 5) is 14.5. The van der Waals surface area contributed by atoms with Crippen LogP contribution in [0.4, 0.5) is 5.69 Å². The van der Waals surface area contributed by atoms with Crippen LogP contribution in [0.15, 0.2) is 18.2 Å². The third-order valence-electron chi connectivity index (χ3n) is 4.21. The lowest BCUT2D eigenvalue weighted by Gasteiger charge is -2.21. The van der Waals surface area contributed by atoms with Gasteiger partial charge in [0.1, 0.15) is 0 Å². The van der Waals surface area contributed by atoms with Crippen molar-refractivity contribution in [3.05, 3.63) is 29.3 Å². The Hall–Kier alpha value is -1.60. The first-order valence-corrected chi connectivity index (χ1v) is 9.42.